The van der Waals surface area contributed by atoms with Gasteiger partial charge in [-0.05, 0) is 74.9 Å². The Kier molecular flexibility index (Phi) is 5.43. The third-order valence-corrected chi connectivity index (χ3v) is 5.97. The molecular formula is C29H32N2. The molecular weight excluding hydrogens is 376 g/mol. The molecule has 1 aliphatic rings. The number of hydrogen-bond donors (Lipinski definition) is 0. The van der Waals surface area contributed by atoms with Gasteiger partial charge in [-0.2, -0.15) is 0 Å². The molecule has 0 saturated heterocycles. The normalized spacial score (nSPS) is 13.7. The van der Waals surface area contributed by atoms with Gasteiger partial charge in [-0.1, -0.05) is 77.9 Å². The van der Waals surface area contributed by atoms with Crippen LogP contribution in [0, 0.1) is 0 Å². The van der Waals surface area contributed by atoms with E-state index in [1.807, 2.05) is 36.7 Å². The molecule has 0 aliphatic carbocycles. The minimum atomic E-state index is 0.0929. The van der Waals surface area contributed by atoms with Crippen LogP contribution in [0.5, 0.6) is 0 Å². The summed E-state index contributed by atoms with van der Waals surface area (Å²) in [4.78, 5) is 9.67. The molecule has 0 amide bonds. The van der Waals surface area contributed by atoms with Gasteiger partial charge in [0.05, 0.1) is 11.4 Å². The molecule has 31 heavy (non-hydrogen) atoms. The van der Waals surface area contributed by atoms with E-state index in [2.05, 4.69) is 77.9 Å². The van der Waals surface area contributed by atoms with E-state index in [0.717, 1.165) is 17.8 Å². The summed E-state index contributed by atoms with van der Waals surface area (Å²) < 4.78 is 0. The molecule has 1 heterocycles. The van der Waals surface area contributed by atoms with Crippen molar-refractivity contribution in [1.29, 1.82) is 0 Å². The van der Waals surface area contributed by atoms with Gasteiger partial charge in [0.15, 0.2) is 0 Å². The van der Waals surface area contributed by atoms with Crippen LogP contribution in [0.3, 0.4) is 0 Å². The zero-order valence-electron chi connectivity index (χ0n) is 19.5. The van der Waals surface area contributed by atoms with E-state index >= 15 is 0 Å². The average Bonchev–Trinajstić information content (AvgIpc) is 2.73. The van der Waals surface area contributed by atoms with E-state index in [-0.39, 0.29) is 10.8 Å². The molecule has 0 saturated carbocycles. The summed E-state index contributed by atoms with van der Waals surface area (Å²) in [5.41, 5.74) is 9.53. The van der Waals surface area contributed by atoms with Crippen molar-refractivity contribution in [2.24, 2.45) is 9.98 Å². The highest BCUT2D eigenvalue weighted by molar-refractivity contribution is 5.90. The fraction of sp³-hybridized carbons (Fsp3) is 0.310. The van der Waals surface area contributed by atoms with Crippen molar-refractivity contribution in [2.75, 3.05) is 0 Å². The first-order chi connectivity index (χ1) is 14.6. The van der Waals surface area contributed by atoms with Crippen LogP contribution >= 0.6 is 0 Å². The zero-order chi connectivity index (χ0) is 22.2. The molecule has 2 nitrogen and oxygen atoms in total. The first kappa shape index (κ1) is 21.2. The number of fused-ring (bicyclic) bond motifs is 3. The van der Waals surface area contributed by atoms with E-state index in [4.69, 9.17) is 9.98 Å². The molecule has 2 heteroatoms. The number of benzene rings is 3. The number of nitrogens with zero attached hydrogens (tertiary/aromatic N) is 2. The van der Waals surface area contributed by atoms with Gasteiger partial charge in [0.25, 0.3) is 0 Å². The summed E-state index contributed by atoms with van der Waals surface area (Å²) in [5.74, 6) is 0. The lowest BCUT2D eigenvalue weighted by atomic mass is 9.83. The summed E-state index contributed by atoms with van der Waals surface area (Å²) in [6, 6.07) is 21.7. The first-order valence-electron chi connectivity index (χ1n) is 11.1. The van der Waals surface area contributed by atoms with Gasteiger partial charge in [0, 0.05) is 12.4 Å². The highest BCUT2D eigenvalue weighted by Gasteiger charge is 2.18. The van der Waals surface area contributed by atoms with E-state index in [1.54, 1.807) is 0 Å². The van der Waals surface area contributed by atoms with Gasteiger partial charge < -0.3 is 0 Å². The highest BCUT2D eigenvalue weighted by Crippen LogP contribution is 2.31. The number of para-hydroxylation sites is 2. The monoisotopic (exact) mass is 408 g/mol. The van der Waals surface area contributed by atoms with Crippen LogP contribution in [0.15, 0.2) is 70.6 Å². The largest absolute Gasteiger partial charge is 0.254 e. The lowest BCUT2D eigenvalue weighted by Crippen LogP contribution is -2.13. The smallest absolute Gasteiger partial charge is 0.0886 e. The molecule has 3 aromatic rings. The molecule has 0 unspecified atom stereocenters. The zero-order valence-corrected chi connectivity index (χ0v) is 19.5. The number of rotatable bonds is 0. The summed E-state index contributed by atoms with van der Waals surface area (Å²) >= 11 is 0. The van der Waals surface area contributed by atoms with Crippen molar-refractivity contribution >= 4 is 23.8 Å². The van der Waals surface area contributed by atoms with Crippen LogP contribution in [-0.4, -0.2) is 12.4 Å². The van der Waals surface area contributed by atoms with Crippen LogP contribution in [0.25, 0.3) is 0 Å². The Morgan fingerprint density at radius 1 is 0.581 bits per heavy atom. The predicted molar refractivity (Wildman–Crippen MR) is 134 cm³/mol. The Hall–Kier alpha value is -3.00. The molecule has 0 atom stereocenters. The first-order valence-corrected chi connectivity index (χ1v) is 11.1. The van der Waals surface area contributed by atoms with E-state index in [1.165, 1.54) is 33.4 Å². The Morgan fingerprint density at radius 2 is 1.00 bits per heavy atom. The Balaban J connectivity index is 1.93. The Bertz CT molecular complexity index is 1080. The molecule has 0 aromatic heterocycles. The quantitative estimate of drug-likeness (QED) is 0.285. The molecule has 0 spiro atoms. The number of hydrogen-bond acceptors (Lipinski definition) is 2. The lowest BCUT2D eigenvalue weighted by Gasteiger charge is -2.22. The van der Waals surface area contributed by atoms with Crippen LogP contribution in [0.2, 0.25) is 0 Å². The predicted octanol–water partition coefficient (Wildman–Crippen LogP) is 7.69. The number of aliphatic imine (C=N–C) groups is 2. The second-order valence-corrected chi connectivity index (χ2v) is 10.5. The van der Waals surface area contributed by atoms with Crippen molar-refractivity contribution in [3.05, 3.63) is 94.0 Å². The van der Waals surface area contributed by atoms with Crippen LogP contribution in [0.1, 0.15) is 74.9 Å². The topological polar surface area (TPSA) is 24.7 Å². The summed E-state index contributed by atoms with van der Waals surface area (Å²) in [7, 11) is 0. The van der Waals surface area contributed by atoms with E-state index < -0.39 is 0 Å². The molecule has 3 aromatic carbocycles. The third kappa shape index (κ3) is 4.69. The van der Waals surface area contributed by atoms with E-state index in [9.17, 15) is 0 Å². The Morgan fingerprint density at radius 3 is 1.39 bits per heavy atom. The molecule has 0 bridgehead atoms. The van der Waals surface area contributed by atoms with Gasteiger partial charge in [-0.25, -0.2) is 0 Å². The summed E-state index contributed by atoms with van der Waals surface area (Å²) in [6.07, 6.45) is 4.87. The minimum Gasteiger partial charge on any atom is -0.254 e. The van der Waals surface area contributed by atoms with Crippen LogP contribution in [0.4, 0.5) is 11.4 Å². The minimum absolute atomic E-state index is 0.0929. The van der Waals surface area contributed by atoms with Gasteiger partial charge in [-0.3, -0.25) is 9.98 Å². The maximum absolute atomic E-state index is 4.84. The van der Waals surface area contributed by atoms with Gasteiger partial charge >= 0.3 is 0 Å². The van der Waals surface area contributed by atoms with Gasteiger partial charge in [0.1, 0.15) is 0 Å². The van der Waals surface area contributed by atoms with Crippen molar-refractivity contribution in [2.45, 2.75) is 58.8 Å². The maximum atomic E-state index is 4.84. The molecule has 0 fully saturated rings. The second kappa shape index (κ2) is 7.92. The van der Waals surface area contributed by atoms with E-state index in [0.29, 0.717) is 0 Å². The summed E-state index contributed by atoms with van der Waals surface area (Å²) in [6.45, 7) is 13.5. The fourth-order valence-electron chi connectivity index (χ4n) is 3.85. The van der Waals surface area contributed by atoms with Crippen molar-refractivity contribution in [1.82, 2.24) is 0 Å². The molecule has 4 rings (SSSR count). The second-order valence-electron chi connectivity index (χ2n) is 10.5. The van der Waals surface area contributed by atoms with Crippen molar-refractivity contribution in [3.63, 3.8) is 0 Å². The fourth-order valence-corrected chi connectivity index (χ4v) is 3.85. The molecule has 1 aliphatic heterocycles. The third-order valence-electron chi connectivity index (χ3n) is 5.97. The SMILES string of the molecule is CC(C)(C)c1ccc2c(c1)C=Nc1ccccc1N=Cc1cc(C(C)(C)C)ccc1C2. The maximum Gasteiger partial charge on any atom is 0.0886 e. The van der Waals surface area contributed by atoms with Crippen molar-refractivity contribution < 1.29 is 0 Å². The van der Waals surface area contributed by atoms with Gasteiger partial charge in [0.2, 0.25) is 0 Å². The molecule has 0 N–H and O–H groups in total. The van der Waals surface area contributed by atoms with Crippen LogP contribution in [-0.2, 0) is 17.3 Å². The molecule has 158 valence electrons. The van der Waals surface area contributed by atoms with Gasteiger partial charge in [-0.15, -0.1) is 0 Å². The highest BCUT2D eigenvalue weighted by atomic mass is 14.8. The van der Waals surface area contributed by atoms with Crippen molar-refractivity contribution in [3.8, 4) is 0 Å². The lowest BCUT2D eigenvalue weighted by molar-refractivity contribution is 0.590. The standard InChI is InChI=1S/C29H32N2/c1-28(2,3)24-13-11-20-15-21-12-14-25(29(4,5)6)17-23(21)19-31-27-10-8-7-9-26(27)30-18-22(20)16-24/h7-14,16-19H,15H2,1-6H3. The summed E-state index contributed by atoms with van der Waals surface area (Å²) in [5, 5.41) is 0. The average molecular weight is 409 g/mol. The molecule has 0 radical (unpaired) electrons. The van der Waals surface area contributed by atoms with Crippen LogP contribution < -0.4 is 0 Å². The Labute approximate surface area is 186 Å².